The van der Waals surface area contributed by atoms with E-state index in [4.69, 9.17) is 39.3 Å². The van der Waals surface area contributed by atoms with E-state index in [0.29, 0.717) is 55.5 Å². The van der Waals surface area contributed by atoms with Gasteiger partial charge in [-0.2, -0.15) is 10.2 Å². The number of carbonyl (C=O) groups excluding carboxylic acids is 1. The Bertz CT molecular complexity index is 1360. The fraction of sp³-hybridized carbons (Fsp3) is 0.238. The van der Waals surface area contributed by atoms with Crippen LogP contribution in [-0.2, 0) is 13.1 Å². The van der Waals surface area contributed by atoms with Crippen molar-refractivity contribution < 1.29 is 9.32 Å². The quantitative estimate of drug-likeness (QED) is 0.303. The van der Waals surface area contributed by atoms with Gasteiger partial charge >= 0.3 is 0 Å². The van der Waals surface area contributed by atoms with Gasteiger partial charge in [0.1, 0.15) is 5.76 Å². The van der Waals surface area contributed by atoms with Crippen molar-refractivity contribution in [3.8, 4) is 0 Å². The van der Waals surface area contributed by atoms with E-state index in [0.717, 1.165) is 11.3 Å². The molecule has 0 aliphatic rings. The van der Waals surface area contributed by atoms with Crippen LogP contribution in [0.1, 0.15) is 38.8 Å². The molecule has 0 saturated heterocycles. The zero-order valence-corrected chi connectivity index (χ0v) is 21.6. The fourth-order valence-electron chi connectivity index (χ4n) is 3.29. The van der Waals surface area contributed by atoms with Crippen LogP contribution in [0.5, 0.6) is 0 Å². The van der Waals surface area contributed by atoms with Gasteiger partial charge in [0.2, 0.25) is 0 Å². The van der Waals surface area contributed by atoms with E-state index in [2.05, 4.69) is 36.6 Å². The van der Waals surface area contributed by atoms with Crippen LogP contribution >= 0.6 is 50.7 Å². The summed E-state index contributed by atoms with van der Waals surface area (Å²) >= 11 is 21.9. The Balaban J connectivity index is 1.54. The zero-order chi connectivity index (χ0) is 23.9. The van der Waals surface area contributed by atoms with Crippen LogP contribution in [0, 0.1) is 20.8 Å². The molecular formula is C21H18BrCl3N6O2. The standard InChI is InChI=1S/C21H18BrCl3N6O2/c1-10-18(25)11(2)31(27-10)8-15-12(3)33-29-19(15)21(32)26-20-16(22)9-30(28-20)7-13-4-5-14(23)6-17(13)24/h4-6,9H,7-8H2,1-3H3,(H,26,28,32). The molecule has 1 N–H and O–H groups in total. The summed E-state index contributed by atoms with van der Waals surface area (Å²) in [5, 5.41) is 17.3. The second-order valence-electron chi connectivity index (χ2n) is 7.42. The van der Waals surface area contributed by atoms with E-state index in [1.807, 2.05) is 19.9 Å². The molecule has 0 bridgehead atoms. The van der Waals surface area contributed by atoms with Crippen LogP contribution in [0.25, 0.3) is 0 Å². The number of anilines is 1. The van der Waals surface area contributed by atoms with Crippen molar-refractivity contribution in [1.82, 2.24) is 24.7 Å². The Kier molecular flexibility index (Phi) is 6.86. The van der Waals surface area contributed by atoms with Gasteiger partial charge in [-0.25, -0.2) is 0 Å². The first-order valence-corrected chi connectivity index (χ1v) is 11.7. The average Bonchev–Trinajstić information content (AvgIpc) is 3.37. The van der Waals surface area contributed by atoms with Crippen molar-refractivity contribution in [3.05, 3.63) is 77.9 Å². The van der Waals surface area contributed by atoms with Gasteiger partial charge in [0.05, 0.1) is 34.0 Å². The molecular weight excluding hydrogens is 555 g/mol. The number of hydrogen-bond acceptors (Lipinski definition) is 5. The number of nitrogens with one attached hydrogen (secondary N) is 1. The number of carbonyl (C=O) groups is 1. The molecule has 3 aromatic heterocycles. The molecule has 0 saturated carbocycles. The van der Waals surface area contributed by atoms with Crippen molar-refractivity contribution in [1.29, 1.82) is 0 Å². The number of amides is 1. The average molecular weight is 573 g/mol. The first-order valence-electron chi connectivity index (χ1n) is 9.77. The Morgan fingerprint density at radius 3 is 2.58 bits per heavy atom. The molecule has 0 unspecified atom stereocenters. The predicted octanol–water partition coefficient (Wildman–Crippen LogP) is 6.06. The summed E-state index contributed by atoms with van der Waals surface area (Å²) < 4.78 is 9.27. The minimum atomic E-state index is -0.454. The maximum atomic E-state index is 13.0. The molecule has 33 heavy (non-hydrogen) atoms. The smallest absolute Gasteiger partial charge is 0.279 e. The van der Waals surface area contributed by atoms with Gasteiger partial charge in [-0.15, -0.1) is 0 Å². The molecule has 4 rings (SSSR count). The number of nitrogens with zero attached hydrogens (tertiary/aromatic N) is 5. The van der Waals surface area contributed by atoms with Crippen LogP contribution in [-0.4, -0.2) is 30.6 Å². The van der Waals surface area contributed by atoms with Gasteiger partial charge in [0.25, 0.3) is 5.91 Å². The highest BCUT2D eigenvalue weighted by molar-refractivity contribution is 9.10. The highest BCUT2D eigenvalue weighted by atomic mass is 79.9. The third-order valence-corrected chi connectivity index (χ3v) is 6.81. The van der Waals surface area contributed by atoms with E-state index in [-0.39, 0.29) is 5.69 Å². The second-order valence-corrected chi connectivity index (χ2v) is 9.50. The minimum absolute atomic E-state index is 0.151. The van der Waals surface area contributed by atoms with Crippen molar-refractivity contribution in [3.63, 3.8) is 0 Å². The number of halogens is 4. The monoisotopic (exact) mass is 570 g/mol. The number of benzene rings is 1. The molecule has 8 nitrogen and oxygen atoms in total. The topological polar surface area (TPSA) is 90.8 Å². The summed E-state index contributed by atoms with van der Waals surface area (Å²) in [5.41, 5.74) is 3.11. The lowest BCUT2D eigenvalue weighted by molar-refractivity contribution is 0.101. The van der Waals surface area contributed by atoms with Crippen molar-refractivity contribution in [2.45, 2.75) is 33.9 Å². The molecule has 0 radical (unpaired) electrons. The zero-order valence-electron chi connectivity index (χ0n) is 17.8. The van der Waals surface area contributed by atoms with Crippen molar-refractivity contribution in [2.24, 2.45) is 0 Å². The number of hydrogen-bond donors (Lipinski definition) is 1. The molecule has 3 heterocycles. The fourth-order valence-corrected chi connectivity index (χ4v) is 4.31. The van der Waals surface area contributed by atoms with E-state index in [9.17, 15) is 4.79 Å². The summed E-state index contributed by atoms with van der Waals surface area (Å²) in [5.74, 6) is 0.404. The summed E-state index contributed by atoms with van der Waals surface area (Å²) in [6, 6.07) is 5.26. The molecule has 172 valence electrons. The third-order valence-electron chi connectivity index (χ3n) is 5.10. The number of aromatic nitrogens is 5. The molecule has 0 fully saturated rings. The van der Waals surface area contributed by atoms with Crippen LogP contribution in [0.15, 0.2) is 33.4 Å². The predicted molar refractivity (Wildman–Crippen MR) is 130 cm³/mol. The molecule has 0 aliphatic carbocycles. The van der Waals surface area contributed by atoms with E-state index >= 15 is 0 Å². The highest BCUT2D eigenvalue weighted by Crippen LogP contribution is 2.26. The molecule has 0 spiro atoms. The first-order chi connectivity index (χ1) is 15.6. The maximum Gasteiger partial charge on any atom is 0.279 e. The van der Waals surface area contributed by atoms with Crippen LogP contribution in [0.3, 0.4) is 0 Å². The van der Waals surface area contributed by atoms with Gasteiger partial charge in [-0.1, -0.05) is 46.0 Å². The second kappa shape index (κ2) is 9.50. The Morgan fingerprint density at radius 1 is 1.15 bits per heavy atom. The Morgan fingerprint density at radius 2 is 1.91 bits per heavy atom. The Hall–Kier alpha value is -2.33. The summed E-state index contributed by atoms with van der Waals surface area (Å²) in [6.45, 7) is 6.12. The lowest BCUT2D eigenvalue weighted by atomic mass is 10.2. The third kappa shape index (κ3) is 4.96. The van der Waals surface area contributed by atoms with Crippen LogP contribution in [0.2, 0.25) is 15.1 Å². The lowest BCUT2D eigenvalue weighted by Crippen LogP contribution is -2.17. The van der Waals surface area contributed by atoms with Gasteiger partial charge in [-0.3, -0.25) is 14.2 Å². The van der Waals surface area contributed by atoms with Gasteiger partial charge in [0.15, 0.2) is 11.5 Å². The van der Waals surface area contributed by atoms with E-state index in [1.165, 1.54) is 0 Å². The highest BCUT2D eigenvalue weighted by Gasteiger charge is 2.23. The summed E-state index contributed by atoms with van der Waals surface area (Å²) in [7, 11) is 0. The normalized spacial score (nSPS) is 11.2. The summed E-state index contributed by atoms with van der Waals surface area (Å²) in [4.78, 5) is 13.0. The molecule has 12 heteroatoms. The van der Waals surface area contributed by atoms with Crippen molar-refractivity contribution >= 4 is 62.5 Å². The van der Waals surface area contributed by atoms with E-state index < -0.39 is 5.91 Å². The van der Waals surface area contributed by atoms with Crippen LogP contribution in [0.4, 0.5) is 5.82 Å². The lowest BCUT2D eigenvalue weighted by Gasteiger charge is -2.06. The summed E-state index contributed by atoms with van der Waals surface area (Å²) in [6.07, 6.45) is 1.74. The number of aryl methyl sites for hydroxylation is 2. The van der Waals surface area contributed by atoms with Crippen molar-refractivity contribution in [2.75, 3.05) is 5.32 Å². The molecule has 0 atom stereocenters. The molecule has 4 aromatic rings. The molecule has 0 aliphatic heterocycles. The van der Waals surface area contributed by atoms with Gasteiger partial charge < -0.3 is 9.84 Å². The molecule has 1 aromatic carbocycles. The first kappa shape index (κ1) is 23.8. The largest absolute Gasteiger partial charge is 0.361 e. The molecule has 1 amide bonds. The minimum Gasteiger partial charge on any atom is -0.361 e. The van der Waals surface area contributed by atoms with Gasteiger partial charge in [-0.05, 0) is 54.4 Å². The number of rotatable bonds is 6. The van der Waals surface area contributed by atoms with Gasteiger partial charge in [0, 0.05) is 21.8 Å². The van der Waals surface area contributed by atoms with Crippen LogP contribution < -0.4 is 5.32 Å². The maximum absolute atomic E-state index is 13.0. The Labute approximate surface area is 212 Å². The van der Waals surface area contributed by atoms with E-state index in [1.54, 1.807) is 34.6 Å². The SMILES string of the molecule is Cc1nn(Cc2c(C(=O)Nc3nn(Cc4ccc(Cl)cc4Cl)cc3Br)noc2C)c(C)c1Cl.